The summed E-state index contributed by atoms with van der Waals surface area (Å²) in [5, 5.41) is 15.4. The van der Waals surface area contributed by atoms with Crippen LogP contribution in [-0.4, -0.2) is 77.2 Å². The van der Waals surface area contributed by atoms with Crippen molar-refractivity contribution >= 4 is 57.9 Å². The van der Waals surface area contributed by atoms with E-state index in [1.165, 1.54) is 37.7 Å². The lowest BCUT2D eigenvalue weighted by atomic mass is 10.1. The molecule has 2 atom stereocenters. The number of thioether (sulfide) groups is 1. The number of nitrogens with one attached hydrogen (secondary N) is 1. The molecule has 41 heavy (non-hydrogen) atoms. The average Bonchev–Trinajstić information content (AvgIpc) is 3.32. The number of carbonyl (C=O) groups excluding carboxylic acids is 3. The Bertz CT molecular complexity index is 1430. The maximum atomic E-state index is 13.3. The predicted molar refractivity (Wildman–Crippen MR) is 149 cm³/mol. The summed E-state index contributed by atoms with van der Waals surface area (Å²) >= 11 is 2.32. The number of nitrogens with zero attached hydrogens (tertiary/aromatic N) is 5. The van der Waals surface area contributed by atoms with Crippen LogP contribution in [0.1, 0.15) is 50.8 Å². The highest BCUT2D eigenvalue weighted by Crippen LogP contribution is 2.36. The van der Waals surface area contributed by atoms with Crippen LogP contribution < -0.4 is 15.6 Å². The van der Waals surface area contributed by atoms with Gasteiger partial charge in [-0.1, -0.05) is 5.16 Å². The zero-order chi connectivity index (χ0) is 30.1. The minimum absolute atomic E-state index is 0.0915. The summed E-state index contributed by atoms with van der Waals surface area (Å²) in [6, 6.07) is 2.17. The molecule has 0 aromatic carbocycles. The van der Waals surface area contributed by atoms with E-state index in [4.69, 9.17) is 20.4 Å². The van der Waals surface area contributed by atoms with Crippen molar-refractivity contribution in [3.05, 3.63) is 47.7 Å². The number of aromatic nitrogens is 3. The molecule has 0 radical (unpaired) electrons. The quantitative estimate of drug-likeness (QED) is 0.121. The van der Waals surface area contributed by atoms with Crippen LogP contribution in [0.2, 0.25) is 0 Å². The van der Waals surface area contributed by atoms with E-state index < -0.39 is 35.1 Å². The minimum Gasteiger partial charge on any atom is -0.478 e. The van der Waals surface area contributed by atoms with Gasteiger partial charge in [0.05, 0.1) is 5.56 Å². The largest absolute Gasteiger partial charge is 0.478 e. The summed E-state index contributed by atoms with van der Waals surface area (Å²) in [5.74, 6) is -2.32. The lowest BCUT2D eigenvalue weighted by Gasteiger charge is -2.47. The summed E-state index contributed by atoms with van der Waals surface area (Å²) in [6.07, 6.45) is 5.07. The van der Waals surface area contributed by atoms with E-state index in [-0.39, 0.29) is 33.5 Å². The molecule has 1 fully saturated rings. The van der Waals surface area contributed by atoms with Crippen LogP contribution in [-0.2, 0) is 30.5 Å². The lowest BCUT2D eigenvalue weighted by Crippen LogP contribution is -2.69. The van der Waals surface area contributed by atoms with Gasteiger partial charge in [-0.2, -0.15) is 9.36 Å². The number of oxime groups is 1. The molecule has 2 aliphatic heterocycles. The number of β-lactam (4-membered cyclic amide) rings is 1. The molecular formula is C25H30N7O7S2+. The highest BCUT2D eigenvalue weighted by molar-refractivity contribution is 8.00. The van der Waals surface area contributed by atoms with Crippen LogP contribution in [0.15, 0.2) is 41.5 Å². The number of carbonyl (C=O) groups is 4. The number of esters is 1. The number of ether oxygens (including phenoxy) is 1. The van der Waals surface area contributed by atoms with Crippen LogP contribution in [0.3, 0.4) is 0 Å². The summed E-state index contributed by atoms with van der Waals surface area (Å²) in [7, 11) is 0. The zero-order valence-electron chi connectivity index (χ0n) is 23.0. The third kappa shape index (κ3) is 7.00. The molecule has 0 bridgehead atoms. The molecule has 14 nitrogen and oxygen atoms in total. The van der Waals surface area contributed by atoms with Gasteiger partial charge in [-0.25, -0.2) is 14.2 Å². The van der Waals surface area contributed by atoms with Crippen molar-refractivity contribution in [3.8, 4) is 0 Å². The van der Waals surface area contributed by atoms with E-state index >= 15 is 0 Å². The molecule has 1 unspecified atom stereocenters. The first-order valence-electron chi connectivity index (χ1n) is 12.4. The fourth-order valence-electron chi connectivity index (χ4n) is 3.71. The smallest absolute Gasteiger partial charge is 0.353 e. The van der Waals surface area contributed by atoms with Gasteiger partial charge < -0.3 is 30.6 Å². The van der Waals surface area contributed by atoms with Gasteiger partial charge in [0.15, 0.2) is 24.1 Å². The van der Waals surface area contributed by atoms with Crippen molar-refractivity contribution in [1.82, 2.24) is 19.6 Å². The second-order valence-electron chi connectivity index (χ2n) is 10.7. The Morgan fingerprint density at radius 1 is 1.24 bits per heavy atom. The Labute approximate surface area is 243 Å². The van der Waals surface area contributed by atoms with Crippen molar-refractivity contribution in [2.75, 3.05) is 11.5 Å². The van der Waals surface area contributed by atoms with E-state index in [1.54, 1.807) is 44.3 Å². The van der Waals surface area contributed by atoms with E-state index in [0.717, 1.165) is 17.1 Å². The number of hydrogen-bond donors (Lipinski definition) is 3. The molecule has 1 saturated heterocycles. The van der Waals surface area contributed by atoms with Crippen molar-refractivity contribution in [2.24, 2.45) is 5.16 Å². The van der Waals surface area contributed by atoms with Crippen LogP contribution in [0.4, 0.5) is 5.13 Å². The number of carboxylic acids is 1. The molecule has 4 N–H and O–H groups in total. The van der Waals surface area contributed by atoms with Gasteiger partial charge >= 0.3 is 11.9 Å². The number of pyridine rings is 1. The van der Waals surface area contributed by atoms with Crippen molar-refractivity contribution in [1.29, 1.82) is 0 Å². The maximum Gasteiger partial charge on any atom is 0.353 e. The highest BCUT2D eigenvalue weighted by atomic mass is 32.2. The van der Waals surface area contributed by atoms with E-state index in [0.29, 0.717) is 12.3 Å². The molecule has 0 spiro atoms. The number of anilines is 1. The lowest BCUT2D eigenvalue weighted by molar-refractivity contribution is -0.689. The van der Waals surface area contributed by atoms with Crippen LogP contribution in [0.25, 0.3) is 0 Å². The summed E-state index contributed by atoms with van der Waals surface area (Å²) in [5.41, 5.74) is 4.17. The van der Waals surface area contributed by atoms with E-state index in [2.05, 4.69) is 19.8 Å². The number of hydrogen-bond acceptors (Lipinski definition) is 12. The standard InChI is InChI=1S/C25H29N7O7S2/c1-24(2,3)38-22(37)25(4,5)39-29-15(17-28-23(26)41-30-17)18(33)27-16-19(34)32-11-13(12-40-20(16)32)10-31-8-6-14(7-9-31)21(35)36/h6-9,11,16,20H,10,12H2,1-5H3,(H3-,26,27,28,30,33,35,36)/p+1/t16?,20-/m1/s1. The number of rotatable bonds is 9. The normalized spacial score (nSPS) is 19.0. The molecule has 4 rings (SSSR count). The Kier molecular flexibility index (Phi) is 8.35. The Hall–Kier alpha value is -4.05. The van der Waals surface area contributed by atoms with Crippen LogP contribution in [0, 0.1) is 0 Å². The molecule has 0 aliphatic carbocycles. The van der Waals surface area contributed by atoms with Gasteiger partial charge in [0.25, 0.3) is 11.8 Å². The zero-order valence-corrected chi connectivity index (χ0v) is 24.6. The Morgan fingerprint density at radius 2 is 1.93 bits per heavy atom. The van der Waals surface area contributed by atoms with Crippen molar-refractivity contribution in [2.45, 2.75) is 63.8 Å². The van der Waals surface area contributed by atoms with E-state index in [1.807, 2.05) is 4.57 Å². The third-order valence-electron chi connectivity index (χ3n) is 5.78. The van der Waals surface area contributed by atoms with Gasteiger partial charge in [-0.05, 0) is 34.6 Å². The van der Waals surface area contributed by atoms with Gasteiger partial charge in [-0.3, -0.25) is 9.59 Å². The Balaban J connectivity index is 1.44. The van der Waals surface area contributed by atoms with Crippen molar-refractivity contribution in [3.63, 3.8) is 0 Å². The SMILES string of the molecule is CC(C)(C)OC(=O)C(C)(C)ON=C(C(=O)NC1C(=O)N2C=C(C[n+]3ccc(C(=O)O)cc3)CS[C@H]12)c1nsc(N)n1. The second kappa shape index (κ2) is 11.4. The van der Waals surface area contributed by atoms with Gasteiger partial charge in [0, 0.05) is 41.2 Å². The number of carboxylic acid groups (broad SMARTS) is 1. The molecule has 218 valence electrons. The number of nitrogens with two attached hydrogens (primary N) is 1. The second-order valence-corrected chi connectivity index (χ2v) is 12.6. The third-order valence-corrected chi connectivity index (χ3v) is 7.70. The maximum absolute atomic E-state index is 13.3. The Morgan fingerprint density at radius 3 is 2.51 bits per heavy atom. The highest BCUT2D eigenvalue weighted by Gasteiger charge is 2.50. The summed E-state index contributed by atoms with van der Waals surface area (Å²) in [6.45, 7) is 8.49. The molecule has 2 aromatic rings. The monoisotopic (exact) mass is 604 g/mol. The fourth-order valence-corrected chi connectivity index (χ4v) is 5.40. The number of fused-ring (bicyclic) bond motifs is 1. The first-order chi connectivity index (χ1) is 19.1. The molecule has 4 heterocycles. The first-order valence-corrected chi connectivity index (χ1v) is 14.2. The molecule has 2 aromatic heterocycles. The minimum atomic E-state index is -1.55. The number of amides is 2. The predicted octanol–water partition coefficient (Wildman–Crippen LogP) is 0.931. The molecule has 0 saturated carbocycles. The van der Waals surface area contributed by atoms with Gasteiger partial charge in [0.1, 0.15) is 17.0 Å². The first kappa shape index (κ1) is 29.9. The van der Waals surface area contributed by atoms with Gasteiger partial charge in [0.2, 0.25) is 17.1 Å². The molecule has 16 heteroatoms. The summed E-state index contributed by atoms with van der Waals surface area (Å²) < 4.78 is 11.2. The summed E-state index contributed by atoms with van der Waals surface area (Å²) in [4.78, 5) is 60.8. The number of aromatic carboxylic acids is 1. The fraction of sp³-hybridized carbons (Fsp3) is 0.440. The van der Waals surface area contributed by atoms with Gasteiger partial charge in [-0.15, -0.1) is 11.8 Å². The van der Waals surface area contributed by atoms with Crippen LogP contribution >= 0.6 is 23.3 Å². The number of nitrogen functional groups attached to an aromatic ring is 1. The molecule has 2 amide bonds. The molecular weight excluding hydrogens is 574 g/mol. The van der Waals surface area contributed by atoms with E-state index in [9.17, 15) is 19.2 Å². The molecule has 2 aliphatic rings. The average molecular weight is 605 g/mol. The van der Waals surface area contributed by atoms with Crippen LogP contribution in [0.5, 0.6) is 0 Å². The van der Waals surface area contributed by atoms with Crippen molar-refractivity contribution < 1.29 is 38.4 Å². The topological polar surface area (TPSA) is 190 Å².